The lowest BCUT2D eigenvalue weighted by atomic mass is 10.1. The predicted molar refractivity (Wildman–Crippen MR) is 155 cm³/mol. The molecular weight excluding hydrogens is 490 g/mol. The Labute approximate surface area is 231 Å². The Kier molecular flexibility index (Phi) is 8.35. The van der Waals surface area contributed by atoms with Gasteiger partial charge in [0.1, 0.15) is 5.60 Å². The largest absolute Gasteiger partial charge is 0.444 e. The number of nitrogens with zero attached hydrogens (tertiary/aromatic N) is 6. The molecule has 1 aromatic carbocycles. The van der Waals surface area contributed by atoms with Gasteiger partial charge in [-0.2, -0.15) is 5.10 Å². The summed E-state index contributed by atoms with van der Waals surface area (Å²) in [5.41, 5.74) is 5.84. The number of hydrogen-bond donors (Lipinski definition) is 1. The van der Waals surface area contributed by atoms with Gasteiger partial charge in [0.25, 0.3) is 0 Å². The van der Waals surface area contributed by atoms with Crippen LogP contribution in [0.25, 0.3) is 22.3 Å². The molecule has 2 fully saturated rings. The zero-order chi connectivity index (χ0) is 27.4. The minimum atomic E-state index is -0.460. The molecule has 3 heterocycles. The summed E-state index contributed by atoms with van der Waals surface area (Å²) < 4.78 is 7.38. The summed E-state index contributed by atoms with van der Waals surface area (Å²) in [6, 6.07) is 6.45. The number of carbonyl (C=O) groups excluding carboxylic acids is 1. The number of carbonyl (C=O) groups is 1. The molecular formula is C30H43N7O2. The zero-order valence-electron chi connectivity index (χ0n) is 23.9. The summed E-state index contributed by atoms with van der Waals surface area (Å²) in [5.74, 6) is 0.536. The molecule has 39 heavy (non-hydrogen) atoms. The molecule has 2 aliphatic rings. The Morgan fingerprint density at radius 3 is 2.56 bits per heavy atom. The van der Waals surface area contributed by atoms with Gasteiger partial charge >= 0.3 is 6.09 Å². The molecule has 1 saturated heterocycles. The number of benzene rings is 1. The van der Waals surface area contributed by atoms with Crippen LogP contribution in [0.3, 0.4) is 0 Å². The van der Waals surface area contributed by atoms with Gasteiger partial charge in [0.15, 0.2) is 0 Å². The fourth-order valence-electron chi connectivity index (χ4n) is 5.05. The highest BCUT2D eigenvalue weighted by molar-refractivity contribution is 5.81. The Hall–Kier alpha value is -3.20. The number of aromatic nitrogens is 4. The molecule has 1 saturated carbocycles. The van der Waals surface area contributed by atoms with E-state index in [4.69, 9.17) is 19.8 Å². The maximum absolute atomic E-state index is 11.8. The summed E-state index contributed by atoms with van der Waals surface area (Å²) in [5, 5.41) is 7.82. The zero-order valence-corrected chi connectivity index (χ0v) is 23.9. The van der Waals surface area contributed by atoms with Gasteiger partial charge in [-0.25, -0.2) is 9.78 Å². The second-order valence-corrected chi connectivity index (χ2v) is 12.0. The molecule has 0 spiro atoms. The van der Waals surface area contributed by atoms with Crippen molar-refractivity contribution >= 4 is 22.8 Å². The van der Waals surface area contributed by atoms with Gasteiger partial charge in [0.2, 0.25) is 0 Å². The molecule has 9 nitrogen and oxygen atoms in total. The van der Waals surface area contributed by atoms with Gasteiger partial charge in [-0.05, 0) is 71.7 Å². The van der Waals surface area contributed by atoms with E-state index in [1.807, 2.05) is 27.0 Å². The number of fused-ring (bicyclic) bond motifs is 1. The molecule has 210 valence electrons. The van der Waals surface area contributed by atoms with Gasteiger partial charge in [0.05, 0.1) is 28.6 Å². The van der Waals surface area contributed by atoms with Crippen LogP contribution in [0.4, 0.5) is 10.5 Å². The summed E-state index contributed by atoms with van der Waals surface area (Å²) in [6.07, 6.45) is 10.3. The van der Waals surface area contributed by atoms with Crippen LogP contribution in [0.1, 0.15) is 70.9 Å². The van der Waals surface area contributed by atoms with Crippen molar-refractivity contribution in [3.63, 3.8) is 0 Å². The molecule has 5 rings (SSSR count). The van der Waals surface area contributed by atoms with Crippen molar-refractivity contribution in [3.05, 3.63) is 36.3 Å². The summed E-state index contributed by atoms with van der Waals surface area (Å²) in [4.78, 5) is 26.4. The number of rotatable bonds is 10. The van der Waals surface area contributed by atoms with Crippen LogP contribution >= 0.6 is 0 Å². The van der Waals surface area contributed by atoms with Gasteiger partial charge in [-0.15, -0.1) is 0 Å². The number of ether oxygens (including phenoxy) is 1. The highest BCUT2D eigenvalue weighted by atomic mass is 16.6. The molecule has 1 amide bonds. The van der Waals surface area contributed by atoms with Crippen molar-refractivity contribution in [1.29, 1.82) is 0 Å². The second kappa shape index (κ2) is 11.9. The number of hydrogen-bond acceptors (Lipinski definition) is 7. The molecule has 0 bridgehead atoms. The minimum absolute atomic E-state index is 0.341. The van der Waals surface area contributed by atoms with E-state index in [-0.39, 0.29) is 6.09 Å². The monoisotopic (exact) mass is 533 g/mol. The van der Waals surface area contributed by atoms with Gasteiger partial charge < -0.3 is 19.9 Å². The maximum atomic E-state index is 11.8. The van der Waals surface area contributed by atoms with E-state index in [0.29, 0.717) is 12.5 Å². The third kappa shape index (κ3) is 7.47. The van der Waals surface area contributed by atoms with E-state index in [1.54, 1.807) is 0 Å². The lowest BCUT2D eigenvalue weighted by Crippen LogP contribution is -2.44. The average Bonchev–Trinajstić information content (AvgIpc) is 3.66. The van der Waals surface area contributed by atoms with E-state index in [2.05, 4.69) is 51.2 Å². The molecule has 0 radical (unpaired) electrons. The first kappa shape index (κ1) is 27.4. The SMILES string of the molecule is CN1CCN(c2ccc3ncc(-c4cn(CCCCCCNC(=O)OC(C)(C)C)nc4C4CC4)nc3c2)CC1. The van der Waals surface area contributed by atoms with Crippen molar-refractivity contribution in [1.82, 2.24) is 30.0 Å². The summed E-state index contributed by atoms with van der Waals surface area (Å²) in [7, 11) is 2.18. The minimum Gasteiger partial charge on any atom is -0.444 e. The standard InChI is InChI=1S/C30H43N7O2/c1-30(2,3)39-29(38)31-13-7-5-6-8-14-37-21-24(28(34-37)22-9-10-22)27-20-32-25-12-11-23(19-26(25)33-27)36-17-15-35(4)16-18-36/h11-12,19-22H,5-10,13-18H2,1-4H3,(H,31,38). The highest BCUT2D eigenvalue weighted by Gasteiger charge is 2.30. The van der Waals surface area contributed by atoms with Crippen molar-refractivity contribution in [2.45, 2.75) is 77.4 Å². The number of amides is 1. The third-order valence-corrected chi connectivity index (χ3v) is 7.41. The summed E-state index contributed by atoms with van der Waals surface area (Å²) >= 11 is 0. The molecule has 0 unspecified atom stereocenters. The number of unbranched alkanes of at least 4 members (excludes halogenated alkanes) is 3. The molecule has 1 N–H and O–H groups in total. The Bertz CT molecular complexity index is 1270. The van der Waals surface area contributed by atoms with Crippen molar-refractivity contribution in [3.8, 4) is 11.3 Å². The fourth-order valence-corrected chi connectivity index (χ4v) is 5.05. The molecule has 9 heteroatoms. The average molecular weight is 534 g/mol. The Morgan fingerprint density at radius 1 is 1.05 bits per heavy atom. The number of piperazine rings is 1. The van der Waals surface area contributed by atoms with E-state index in [0.717, 1.165) is 80.7 Å². The quantitative estimate of drug-likeness (QED) is 0.358. The first-order valence-corrected chi connectivity index (χ1v) is 14.5. The number of anilines is 1. The van der Waals surface area contributed by atoms with Crippen LogP contribution in [0.5, 0.6) is 0 Å². The Balaban J connectivity index is 1.18. The molecule has 3 aromatic rings. The predicted octanol–water partition coefficient (Wildman–Crippen LogP) is 5.21. The Morgan fingerprint density at radius 2 is 1.82 bits per heavy atom. The maximum Gasteiger partial charge on any atom is 0.407 e. The van der Waals surface area contributed by atoms with Crippen LogP contribution in [0.2, 0.25) is 0 Å². The first-order valence-electron chi connectivity index (χ1n) is 14.5. The molecule has 0 atom stereocenters. The van der Waals surface area contributed by atoms with E-state index in [9.17, 15) is 4.79 Å². The van der Waals surface area contributed by atoms with Gasteiger partial charge in [0, 0.05) is 62.6 Å². The van der Waals surface area contributed by atoms with Crippen LogP contribution in [-0.4, -0.2) is 76.1 Å². The van der Waals surface area contributed by atoms with Gasteiger partial charge in [-0.1, -0.05) is 12.8 Å². The van der Waals surface area contributed by atoms with Crippen LogP contribution in [0, 0.1) is 0 Å². The normalized spacial score (nSPS) is 16.6. The van der Waals surface area contributed by atoms with Crippen LogP contribution in [0.15, 0.2) is 30.6 Å². The first-order chi connectivity index (χ1) is 18.7. The fraction of sp³-hybridized carbons (Fsp3) is 0.600. The highest BCUT2D eigenvalue weighted by Crippen LogP contribution is 2.43. The van der Waals surface area contributed by atoms with Crippen molar-refractivity contribution in [2.24, 2.45) is 0 Å². The summed E-state index contributed by atoms with van der Waals surface area (Å²) in [6.45, 7) is 11.4. The molecule has 2 aromatic heterocycles. The lowest BCUT2D eigenvalue weighted by molar-refractivity contribution is 0.0527. The van der Waals surface area contributed by atoms with Crippen molar-refractivity contribution < 1.29 is 9.53 Å². The van der Waals surface area contributed by atoms with Crippen LogP contribution in [-0.2, 0) is 11.3 Å². The van der Waals surface area contributed by atoms with E-state index in [1.165, 1.54) is 24.2 Å². The third-order valence-electron chi connectivity index (χ3n) is 7.41. The smallest absolute Gasteiger partial charge is 0.407 e. The van der Waals surface area contributed by atoms with Crippen molar-refractivity contribution in [2.75, 3.05) is 44.7 Å². The number of aryl methyl sites for hydroxylation is 1. The van der Waals surface area contributed by atoms with E-state index < -0.39 is 5.60 Å². The molecule has 1 aliphatic heterocycles. The number of alkyl carbamates (subject to hydrolysis) is 1. The van der Waals surface area contributed by atoms with E-state index >= 15 is 0 Å². The number of nitrogens with one attached hydrogen (secondary N) is 1. The van der Waals surface area contributed by atoms with Gasteiger partial charge in [-0.3, -0.25) is 9.67 Å². The topological polar surface area (TPSA) is 88.4 Å². The lowest BCUT2D eigenvalue weighted by Gasteiger charge is -2.34. The number of likely N-dealkylation sites (N-methyl/N-ethyl adjacent to an activating group) is 1. The second-order valence-electron chi connectivity index (χ2n) is 12.0. The van der Waals surface area contributed by atoms with Crippen LogP contribution < -0.4 is 10.2 Å². The molecule has 1 aliphatic carbocycles.